The Morgan fingerprint density at radius 2 is 1.60 bits per heavy atom. The van der Waals surface area contributed by atoms with E-state index in [-0.39, 0.29) is 39.7 Å². The lowest BCUT2D eigenvalue weighted by Crippen LogP contribution is -2.66. The molecule has 5 aliphatic carbocycles. The van der Waals surface area contributed by atoms with Crippen LogP contribution in [0.15, 0.2) is 42.5 Å². The van der Waals surface area contributed by atoms with E-state index in [2.05, 4.69) is 64.8 Å². The van der Waals surface area contributed by atoms with Crippen molar-refractivity contribution >= 4 is 23.5 Å². The van der Waals surface area contributed by atoms with E-state index in [4.69, 9.17) is 4.74 Å². The summed E-state index contributed by atoms with van der Waals surface area (Å²) in [4.78, 5) is 35.9. The molecule has 48 heavy (non-hydrogen) atoms. The van der Waals surface area contributed by atoms with Crippen molar-refractivity contribution in [3.05, 3.63) is 53.6 Å². The molecule has 6 rings (SSSR count). The number of fused-ring (bicyclic) bond motifs is 7. The molecular weight excluding hydrogens is 600 g/mol. The van der Waals surface area contributed by atoms with Gasteiger partial charge in [0.15, 0.2) is 0 Å². The Bertz CT molecular complexity index is 1510. The fourth-order valence-corrected chi connectivity index (χ4v) is 13.0. The summed E-state index contributed by atoms with van der Waals surface area (Å²) >= 11 is 0. The van der Waals surface area contributed by atoms with Crippen LogP contribution >= 0.6 is 0 Å². The second kappa shape index (κ2) is 12.1. The Hall–Kier alpha value is -3.09. The molecular formula is C41H58N2O5. The minimum Gasteiger partial charge on any atom is -0.478 e. The predicted octanol–water partition coefficient (Wildman–Crippen LogP) is 8.51. The van der Waals surface area contributed by atoms with Crippen molar-refractivity contribution in [2.24, 2.45) is 56.7 Å². The first kappa shape index (κ1) is 34.8. The molecule has 9 atom stereocenters. The van der Waals surface area contributed by atoms with Gasteiger partial charge in [-0.25, -0.2) is 9.59 Å². The number of carbonyl (C=O) groups excluding carboxylic acids is 2. The van der Waals surface area contributed by atoms with Gasteiger partial charge in [0.2, 0.25) is 0 Å². The number of amides is 2. The lowest BCUT2D eigenvalue weighted by molar-refractivity contribution is -0.224. The zero-order valence-electron chi connectivity index (χ0n) is 30.3. The third kappa shape index (κ3) is 5.16. The highest BCUT2D eigenvalue weighted by atomic mass is 16.5. The van der Waals surface area contributed by atoms with Crippen LogP contribution in [0.1, 0.15) is 115 Å². The van der Waals surface area contributed by atoms with E-state index in [0.29, 0.717) is 41.7 Å². The molecule has 0 spiro atoms. The number of carboxylic acid groups (broad SMARTS) is 1. The first-order valence-electron chi connectivity index (χ1n) is 18.3. The smallest absolute Gasteiger partial charge is 0.335 e. The Kier molecular flexibility index (Phi) is 8.73. The van der Waals surface area contributed by atoms with E-state index >= 15 is 0 Å². The average molecular weight is 659 g/mol. The summed E-state index contributed by atoms with van der Waals surface area (Å²) in [6.07, 6.45) is 13.0. The zero-order valence-corrected chi connectivity index (χ0v) is 30.3. The molecule has 5 aliphatic rings. The number of hydrogen-bond donors (Lipinski definition) is 3. The van der Waals surface area contributed by atoms with Gasteiger partial charge in [-0.05, 0) is 145 Å². The number of allylic oxidation sites excluding steroid dienone is 3. The lowest BCUT2D eigenvalue weighted by atomic mass is 9.32. The molecule has 0 aliphatic heterocycles. The summed E-state index contributed by atoms with van der Waals surface area (Å²) in [6, 6.07) is 7.20. The second-order valence-corrected chi connectivity index (χ2v) is 17.6. The van der Waals surface area contributed by atoms with Crippen LogP contribution in [0, 0.1) is 56.7 Å². The van der Waals surface area contributed by atoms with E-state index in [1.54, 1.807) is 12.1 Å². The first-order chi connectivity index (χ1) is 22.5. The second-order valence-electron chi connectivity index (χ2n) is 17.6. The normalized spacial score (nSPS) is 39.4. The van der Waals surface area contributed by atoms with E-state index in [9.17, 15) is 19.5 Å². The molecule has 0 bridgehead atoms. The van der Waals surface area contributed by atoms with Crippen molar-refractivity contribution in [2.45, 2.75) is 99.3 Å². The summed E-state index contributed by atoms with van der Waals surface area (Å²) in [6.45, 7) is 20.0. The average Bonchev–Trinajstić information content (AvgIpc) is 3.43. The van der Waals surface area contributed by atoms with Crippen LogP contribution in [0.4, 0.5) is 4.79 Å². The van der Waals surface area contributed by atoms with E-state index in [0.717, 1.165) is 31.2 Å². The highest BCUT2D eigenvalue weighted by Crippen LogP contribution is 2.77. The Morgan fingerprint density at radius 1 is 0.896 bits per heavy atom. The number of carboxylic acids is 1. The number of benzene rings is 1. The summed E-state index contributed by atoms with van der Waals surface area (Å²) < 4.78 is 4.70. The van der Waals surface area contributed by atoms with Crippen molar-refractivity contribution in [3.63, 3.8) is 0 Å². The van der Waals surface area contributed by atoms with Crippen LogP contribution in [0.5, 0.6) is 0 Å². The number of methoxy groups -OCH3 is 1. The van der Waals surface area contributed by atoms with Crippen LogP contribution in [0.25, 0.3) is 5.57 Å². The summed E-state index contributed by atoms with van der Waals surface area (Å²) in [5.74, 6) is 1.37. The van der Waals surface area contributed by atoms with Crippen LogP contribution in [0.2, 0.25) is 0 Å². The monoisotopic (exact) mass is 658 g/mol. The fraction of sp³-hybridized carbons (Fsp3) is 0.683. The van der Waals surface area contributed by atoms with Gasteiger partial charge in [-0.1, -0.05) is 65.0 Å². The van der Waals surface area contributed by atoms with Gasteiger partial charge >= 0.3 is 18.0 Å². The molecule has 4 saturated carbocycles. The molecule has 3 N–H and O–H groups in total. The molecule has 2 amide bonds. The van der Waals surface area contributed by atoms with E-state index < -0.39 is 11.9 Å². The minimum atomic E-state index is -0.883. The maximum Gasteiger partial charge on any atom is 0.335 e. The van der Waals surface area contributed by atoms with Gasteiger partial charge in [0.1, 0.15) is 6.54 Å². The number of nitrogens with one attached hydrogen (secondary N) is 2. The Labute approximate surface area is 287 Å². The topological polar surface area (TPSA) is 105 Å². The van der Waals surface area contributed by atoms with Crippen LogP contribution in [-0.2, 0) is 9.53 Å². The molecule has 262 valence electrons. The van der Waals surface area contributed by atoms with Gasteiger partial charge < -0.3 is 20.5 Å². The minimum absolute atomic E-state index is 0.0187. The standard InChI is InChI=1S/C41H58N2O5/c1-25(2)28-15-20-41(24-43-36(47)42-23-33(44)48-8)22-21-39(6)30(34(28)41)13-14-32-38(5)18-16-29(26-9-11-27(12-10-26)35(45)46)37(3,4)31(38)17-19-40(32,39)7/h9-12,16,28,30-32,34H,1,13-15,17-24H2,2-8H3,(H,45,46)(H2,42,43,47). The predicted molar refractivity (Wildman–Crippen MR) is 189 cm³/mol. The maximum absolute atomic E-state index is 12.8. The summed E-state index contributed by atoms with van der Waals surface area (Å²) in [5, 5.41) is 15.3. The number of rotatable bonds is 7. The van der Waals surface area contributed by atoms with E-state index in [1.807, 2.05) is 12.1 Å². The number of aromatic carboxylic acids is 1. The van der Waals surface area contributed by atoms with Crippen molar-refractivity contribution < 1.29 is 24.2 Å². The first-order valence-corrected chi connectivity index (χ1v) is 18.3. The van der Waals surface area contributed by atoms with Crippen molar-refractivity contribution in [1.82, 2.24) is 10.6 Å². The van der Waals surface area contributed by atoms with Crippen LogP contribution in [0.3, 0.4) is 0 Å². The molecule has 9 unspecified atom stereocenters. The van der Waals surface area contributed by atoms with Crippen molar-refractivity contribution in [2.75, 3.05) is 20.2 Å². The molecule has 7 heteroatoms. The Balaban J connectivity index is 1.28. The molecule has 0 radical (unpaired) electrons. The van der Waals surface area contributed by atoms with Gasteiger partial charge in [0.05, 0.1) is 12.7 Å². The van der Waals surface area contributed by atoms with Gasteiger partial charge in [-0.3, -0.25) is 4.79 Å². The number of carbonyl (C=O) groups is 3. The quantitative estimate of drug-likeness (QED) is 0.201. The highest BCUT2D eigenvalue weighted by molar-refractivity contribution is 5.88. The lowest BCUT2D eigenvalue weighted by Gasteiger charge is -2.72. The summed E-state index contributed by atoms with van der Waals surface area (Å²) in [5.41, 5.74) is 4.76. The molecule has 4 fully saturated rings. The molecule has 0 saturated heterocycles. The molecule has 1 aromatic carbocycles. The third-order valence-electron chi connectivity index (χ3n) is 15.5. The molecule has 0 heterocycles. The zero-order chi connectivity index (χ0) is 34.9. The number of hydrogen-bond acceptors (Lipinski definition) is 4. The van der Waals surface area contributed by atoms with Crippen molar-refractivity contribution in [1.29, 1.82) is 0 Å². The fourth-order valence-electron chi connectivity index (χ4n) is 13.0. The highest BCUT2D eigenvalue weighted by Gasteiger charge is 2.70. The van der Waals surface area contributed by atoms with Gasteiger partial charge in [-0.15, -0.1) is 0 Å². The Morgan fingerprint density at radius 3 is 2.25 bits per heavy atom. The molecule has 7 nitrogen and oxygen atoms in total. The van der Waals surface area contributed by atoms with E-state index in [1.165, 1.54) is 50.4 Å². The van der Waals surface area contributed by atoms with Gasteiger partial charge in [-0.2, -0.15) is 0 Å². The number of urea groups is 1. The third-order valence-corrected chi connectivity index (χ3v) is 15.5. The van der Waals surface area contributed by atoms with Crippen LogP contribution in [-0.4, -0.2) is 43.3 Å². The number of ether oxygens (including phenoxy) is 1. The number of esters is 1. The largest absolute Gasteiger partial charge is 0.478 e. The summed E-state index contributed by atoms with van der Waals surface area (Å²) in [7, 11) is 1.33. The van der Waals surface area contributed by atoms with Crippen LogP contribution < -0.4 is 10.6 Å². The van der Waals surface area contributed by atoms with Crippen molar-refractivity contribution in [3.8, 4) is 0 Å². The molecule has 1 aromatic rings. The SMILES string of the molecule is C=C(C)C1CCC2(CNC(=O)NCC(=O)OC)CCC3(C)C(CCC4C5(C)CC=C(c6ccc(C(=O)O)cc6)C(C)(C)C5CCC43C)C12. The maximum atomic E-state index is 12.8. The van der Waals surface area contributed by atoms with Gasteiger partial charge in [0, 0.05) is 6.54 Å². The molecule has 0 aromatic heterocycles. The van der Waals surface area contributed by atoms with Gasteiger partial charge in [0.25, 0.3) is 0 Å².